The third-order valence-corrected chi connectivity index (χ3v) is 4.73. The van der Waals surface area contributed by atoms with Gasteiger partial charge in [-0.3, -0.25) is 9.59 Å². The van der Waals surface area contributed by atoms with Crippen molar-refractivity contribution < 1.29 is 9.59 Å². The molecule has 3 unspecified atom stereocenters. The predicted molar refractivity (Wildman–Crippen MR) is 78.2 cm³/mol. The number of aryl methyl sites for hydroxylation is 1. The smallest absolute Gasteiger partial charge is 0.246 e. The number of hydrogen-bond acceptors (Lipinski definition) is 4. The van der Waals surface area contributed by atoms with Crippen LogP contribution in [0.25, 0.3) is 0 Å². The van der Waals surface area contributed by atoms with Crippen LogP contribution in [0.5, 0.6) is 0 Å². The second kappa shape index (κ2) is 5.91. The van der Waals surface area contributed by atoms with Gasteiger partial charge in [0.05, 0.1) is 17.2 Å². The molecule has 1 aliphatic heterocycles. The summed E-state index contributed by atoms with van der Waals surface area (Å²) in [6, 6.07) is -0.853. The molecule has 1 N–H and O–H groups in total. The number of piperazine rings is 1. The van der Waals surface area contributed by atoms with Crippen molar-refractivity contribution in [2.24, 2.45) is 5.92 Å². The molecule has 6 heteroatoms. The molecule has 2 heterocycles. The largest absolute Gasteiger partial charge is 0.342 e. The Hall–Kier alpha value is -1.43. The maximum absolute atomic E-state index is 12.6. The van der Waals surface area contributed by atoms with Crippen LogP contribution >= 0.6 is 11.3 Å². The van der Waals surface area contributed by atoms with E-state index in [0.29, 0.717) is 6.54 Å². The molecule has 2 amide bonds. The Morgan fingerprint density at radius 1 is 1.50 bits per heavy atom. The van der Waals surface area contributed by atoms with Crippen molar-refractivity contribution in [1.29, 1.82) is 0 Å². The van der Waals surface area contributed by atoms with Gasteiger partial charge in [-0.25, -0.2) is 4.98 Å². The second-order valence-corrected chi connectivity index (χ2v) is 6.43. The van der Waals surface area contributed by atoms with Gasteiger partial charge < -0.3 is 10.2 Å². The molecule has 0 spiro atoms. The first-order valence-electron chi connectivity index (χ1n) is 6.95. The molecule has 0 bridgehead atoms. The number of hydrogen-bond donors (Lipinski definition) is 1. The van der Waals surface area contributed by atoms with Gasteiger partial charge in [0.25, 0.3) is 0 Å². The third kappa shape index (κ3) is 2.85. The highest BCUT2D eigenvalue weighted by Gasteiger charge is 2.40. The number of carbonyl (C=O) groups is 2. The summed E-state index contributed by atoms with van der Waals surface area (Å²) in [5.74, 6) is 0.0533. The normalized spacial score (nSPS) is 24.7. The number of aromatic nitrogens is 1. The lowest BCUT2D eigenvalue weighted by atomic mass is 9.94. The molecular weight excluding hydrogens is 274 g/mol. The van der Waals surface area contributed by atoms with E-state index in [1.165, 1.54) is 0 Å². The lowest BCUT2D eigenvalue weighted by Crippen LogP contribution is -2.63. The van der Waals surface area contributed by atoms with Crippen LogP contribution in [0.2, 0.25) is 0 Å². The van der Waals surface area contributed by atoms with Crippen molar-refractivity contribution in [2.75, 3.05) is 0 Å². The van der Waals surface area contributed by atoms with Gasteiger partial charge in [0.1, 0.15) is 12.1 Å². The Morgan fingerprint density at radius 2 is 2.20 bits per heavy atom. The summed E-state index contributed by atoms with van der Waals surface area (Å²) < 4.78 is 0. The van der Waals surface area contributed by atoms with Crippen LogP contribution in [0.4, 0.5) is 0 Å². The average molecular weight is 295 g/mol. The standard InChI is InChI=1S/C14H21N3O2S/c1-5-8(2)12-14(19)17(9(3)13(18)16-12)6-11-7-20-10(4)15-11/h7-9,12H,5-6H2,1-4H3,(H,16,18). The zero-order chi connectivity index (χ0) is 14.9. The van der Waals surface area contributed by atoms with Crippen LogP contribution in [0.1, 0.15) is 37.9 Å². The number of nitrogens with one attached hydrogen (secondary N) is 1. The summed E-state index contributed by atoms with van der Waals surface area (Å²) in [6.45, 7) is 8.12. The predicted octanol–water partition coefficient (Wildman–Crippen LogP) is 1.71. The lowest BCUT2D eigenvalue weighted by Gasteiger charge is -2.39. The van der Waals surface area contributed by atoms with E-state index >= 15 is 0 Å². The van der Waals surface area contributed by atoms with Crippen molar-refractivity contribution in [1.82, 2.24) is 15.2 Å². The summed E-state index contributed by atoms with van der Waals surface area (Å²) in [6.07, 6.45) is 0.856. The van der Waals surface area contributed by atoms with Gasteiger partial charge in [-0.2, -0.15) is 0 Å². The molecule has 1 fully saturated rings. The molecule has 1 aromatic heterocycles. The van der Waals surface area contributed by atoms with Crippen molar-refractivity contribution in [3.63, 3.8) is 0 Å². The lowest BCUT2D eigenvalue weighted by molar-refractivity contribution is -0.150. The maximum atomic E-state index is 12.6. The zero-order valence-electron chi connectivity index (χ0n) is 12.3. The van der Waals surface area contributed by atoms with Crippen molar-refractivity contribution in [2.45, 2.75) is 52.7 Å². The highest BCUT2D eigenvalue weighted by atomic mass is 32.1. The van der Waals surface area contributed by atoms with Gasteiger partial charge in [-0.05, 0) is 19.8 Å². The SMILES string of the molecule is CCC(C)C1NC(=O)C(C)N(Cc2csc(C)n2)C1=O. The van der Waals surface area contributed by atoms with E-state index < -0.39 is 12.1 Å². The summed E-state index contributed by atoms with van der Waals surface area (Å²) in [7, 11) is 0. The number of amides is 2. The highest BCUT2D eigenvalue weighted by Crippen LogP contribution is 2.20. The van der Waals surface area contributed by atoms with Crippen LogP contribution in [0.3, 0.4) is 0 Å². The molecule has 1 aliphatic rings. The second-order valence-electron chi connectivity index (χ2n) is 5.37. The minimum absolute atomic E-state index is 0.00268. The molecule has 20 heavy (non-hydrogen) atoms. The molecule has 5 nitrogen and oxygen atoms in total. The summed E-state index contributed by atoms with van der Waals surface area (Å²) in [5, 5.41) is 5.76. The minimum atomic E-state index is -0.440. The fourth-order valence-corrected chi connectivity index (χ4v) is 2.94. The molecule has 0 radical (unpaired) electrons. The molecule has 3 atom stereocenters. The molecule has 0 saturated carbocycles. The van der Waals surface area contributed by atoms with Gasteiger partial charge in [0.15, 0.2) is 0 Å². The Kier molecular flexibility index (Phi) is 4.42. The van der Waals surface area contributed by atoms with Crippen LogP contribution in [-0.2, 0) is 16.1 Å². The zero-order valence-corrected chi connectivity index (χ0v) is 13.2. The van der Waals surface area contributed by atoms with Crippen molar-refractivity contribution in [3.05, 3.63) is 16.1 Å². The van der Waals surface area contributed by atoms with E-state index in [1.807, 2.05) is 26.2 Å². The topological polar surface area (TPSA) is 62.3 Å². The van der Waals surface area contributed by atoms with E-state index in [-0.39, 0.29) is 17.7 Å². The Labute approximate surface area is 123 Å². The van der Waals surface area contributed by atoms with E-state index in [4.69, 9.17) is 0 Å². The van der Waals surface area contributed by atoms with E-state index in [0.717, 1.165) is 17.1 Å². The molecule has 0 aromatic carbocycles. The van der Waals surface area contributed by atoms with Crippen LogP contribution in [-0.4, -0.2) is 33.8 Å². The Morgan fingerprint density at radius 3 is 2.75 bits per heavy atom. The summed E-state index contributed by atoms with van der Waals surface area (Å²) in [5.41, 5.74) is 0.852. The first kappa shape index (κ1) is 15.0. The van der Waals surface area contributed by atoms with E-state index in [1.54, 1.807) is 23.2 Å². The fraction of sp³-hybridized carbons (Fsp3) is 0.643. The number of rotatable bonds is 4. The maximum Gasteiger partial charge on any atom is 0.246 e. The number of nitrogens with zero attached hydrogens (tertiary/aromatic N) is 2. The molecule has 1 saturated heterocycles. The Balaban J connectivity index is 2.19. The first-order chi connectivity index (χ1) is 9.43. The Bertz CT molecular complexity index is 514. The number of thiazole rings is 1. The van der Waals surface area contributed by atoms with Crippen molar-refractivity contribution in [3.8, 4) is 0 Å². The molecule has 110 valence electrons. The first-order valence-corrected chi connectivity index (χ1v) is 7.83. The minimum Gasteiger partial charge on any atom is -0.342 e. The summed E-state index contributed by atoms with van der Waals surface area (Å²) >= 11 is 1.56. The van der Waals surface area contributed by atoms with Crippen LogP contribution < -0.4 is 5.32 Å². The van der Waals surface area contributed by atoms with Crippen LogP contribution in [0.15, 0.2) is 5.38 Å². The van der Waals surface area contributed by atoms with Crippen LogP contribution in [0, 0.1) is 12.8 Å². The number of carbonyl (C=O) groups excluding carboxylic acids is 2. The molecular formula is C14H21N3O2S. The van der Waals surface area contributed by atoms with E-state index in [9.17, 15) is 9.59 Å². The molecule has 0 aliphatic carbocycles. The van der Waals surface area contributed by atoms with Gasteiger partial charge in [0, 0.05) is 5.38 Å². The molecule has 1 aromatic rings. The highest BCUT2D eigenvalue weighted by molar-refractivity contribution is 7.09. The quantitative estimate of drug-likeness (QED) is 0.920. The van der Waals surface area contributed by atoms with Gasteiger partial charge in [0.2, 0.25) is 11.8 Å². The third-order valence-electron chi connectivity index (χ3n) is 3.91. The average Bonchev–Trinajstić information content (AvgIpc) is 2.83. The van der Waals surface area contributed by atoms with E-state index in [2.05, 4.69) is 10.3 Å². The van der Waals surface area contributed by atoms with Gasteiger partial charge in [-0.15, -0.1) is 11.3 Å². The van der Waals surface area contributed by atoms with Gasteiger partial charge in [-0.1, -0.05) is 20.3 Å². The molecule has 2 rings (SSSR count). The fourth-order valence-electron chi connectivity index (χ4n) is 2.34. The van der Waals surface area contributed by atoms with Crippen molar-refractivity contribution >= 4 is 23.2 Å². The van der Waals surface area contributed by atoms with Gasteiger partial charge >= 0.3 is 0 Å². The summed E-state index contributed by atoms with van der Waals surface area (Å²) in [4.78, 5) is 30.7. The monoisotopic (exact) mass is 295 g/mol.